The standard InChI is InChI=1S/C17H14BrN3O/c18-12-7-5-11(6-8-12)15-9-16(21-17(22)10-19)13-3-1-2-4-14(13)20-15/h1-9H,10,19H2,(H,20,21,22). The number of hydrogen-bond donors (Lipinski definition) is 2. The number of carbonyl (C=O) groups excluding carboxylic acids is 1. The average Bonchev–Trinajstić information content (AvgIpc) is 2.55. The highest BCUT2D eigenvalue weighted by Gasteiger charge is 2.09. The van der Waals surface area contributed by atoms with E-state index in [1.807, 2.05) is 54.6 Å². The lowest BCUT2D eigenvalue weighted by atomic mass is 10.1. The van der Waals surface area contributed by atoms with Crippen LogP contribution in [0, 0.1) is 0 Å². The SMILES string of the molecule is NCC(=O)Nc1cc(-c2ccc(Br)cc2)nc2ccccc12. The monoisotopic (exact) mass is 355 g/mol. The topological polar surface area (TPSA) is 68.0 Å². The van der Waals surface area contributed by atoms with Gasteiger partial charge in [-0.05, 0) is 24.3 Å². The Kier molecular flexibility index (Phi) is 4.18. The maximum atomic E-state index is 11.7. The molecule has 1 aromatic heterocycles. The molecule has 0 spiro atoms. The fourth-order valence-electron chi connectivity index (χ4n) is 2.25. The van der Waals surface area contributed by atoms with E-state index in [0.29, 0.717) is 0 Å². The van der Waals surface area contributed by atoms with Gasteiger partial charge in [-0.25, -0.2) is 4.98 Å². The minimum atomic E-state index is -0.224. The number of amides is 1. The molecule has 22 heavy (non-hydrogen) atoms. The molecule has 0 aliphatic rings. The van der Waals surface area contributed by atoms with E-state index in [2.05, 4.69) is 26.2 Å². The molecule has 3 N–H and O–H groups in total. The van der Waals surface area contributed by atoms with Gasteiger partial charge in [-0.1, -0.05) is 46.3 Å². The molecule has 1 heterocycles. The van der Waals surface area contributed by atoms with Gasteiger partial charge in [0, 0.05) is 15.4 Å². The Bertz CT molecular complexity index is 831. The van der Waals surface area contributed by atoms with Gasteiger partial charge in [-0.3, -0.25) is 4.79 Å². The quantitative estimate of drug-likeness (QED) is 0.754. The van der Waals surface area contributed by atoms with Crippen molar-refractivity contribution in [3.63, 3.8) is 0 Å². The summed E-state index contributed by atoms with van der Waals surface area (Å²) < 4.78 is 1.01. The van der Waals surface area contributed by atoms with E-state index in [1.165, 1.54) is 0 Å². The number of nitrogens with one attached hydrogen (secondary N) is 1. The van der Waals surface area contributed by atoms with Crippen LogP contribution in [0.3, 0.4) is 0 Å². The maximum Gasteiger partial charge on any atom is 0.238 e. The number of para-hydroxylation sites is 1. The molecular formula is C17H14BrN3O. The van der Waals surface area contributed by atoms with Crippen LogP contribution in [0.25, 0.3) is 22.2 Å². The molecule has 0 atom stereocenters. The Balaban J connectivity index is 2.15. The largest absolute Gasteiger partial charge is 0.324 e. The first-order valence-corrected chi connectivity index (χ1v) is 7.62. The molecule has 0 saturated carbocycles. The molecule has 0 saturated heterocycles. The summed E-state index contributed by atoms with van der Waals surface area (Å²) in [6.07, 6.45) is 0. The number of nitrogens with two attached hydrogens (primary N) is 1. The molecule has 0 unspecified atom stereocenters. The molecule has 1 amide bonds. The summed E-state index contributed by atoms with van der Waals surface area (Å²) in [7, 11) is 0. The highest BCUT2D eigenvalue weighted by atomic mass is 79.9. The number of rotatable bonds is 3. The van der Waals surface area contributed by atoms with Gasteiger partial charge < -0.3 is 11.1 Å². The minimum Gasteiger partial charge on any atom is -0.324 e. The van der Waals surface area contributed by atoms with Crippen molar-refractivity contribution in [2.75, 3.05) is 11.9 Å². The van der Waals surface area contributed by atoms with Crippen LogP contribution in [0.2, 0.25) is 0 Å². The zero-order valence-electron chi connectivity index (χ0n) is 11.7. The van der Waals surface area contributed by atoms with Crippen LogP contribution in [0.4, 0.5) is 5.69 Å². The summed E-state index contributed by atoms with van der Waals surface area (Å²) in [5.41, 5.74) is 8.73. The first-order valence-electron chi connectivity index (χ1n) is 6.83. The first-order chi connectivity index (χ1) is 10.7. The van der Waals surface area contributed by atoms with Crippen molar-refractivity contribution in [1.29, 1.82) is 0 Å². The smallest absolute Gasteiger partial charge is 0.238 e. The van der Waals surface area contributed by atoms with Crippen molar-refractivity contribution in [2.24, 2.45) is 5.73 Å². The second-order valence-corrected chi connectivity index (χ2v) is 5.75. The predicted octanol–water partition coefficient (Wildman–Crippen LogP) is 3.56. The fourth-order valence-corrected chi connectivity index (χ4v) is 2.51. The van der Waals surface area contributed by atoms with Crippen LogP contribution in [0.5, 0.6) is 0 Å². The van der Waals surface area contributed by atoms with Crippen molar-refractivity contribution in [1.82, 2.24) is 4.98 Å². The van der Waals surface area contributed by atoms with Crippen LogP contribution < -0.4 is 11.1 Å². The molecule has 4 nitrogen and oxygen atoms in total. The summed E-state index contributed by atoms with van der Waals surface area (Å²) in [4.78, 5) is 16.3. The van der Waals surface area contributed by atoms with Gasteiger partial charge >= 0.3 is 0 Å². The van der Waals surface area contributed by atoms with Crippen molar-refractivity contribution in [3.05, 3.63) is 59.1 Å². The van der Waals surface area contributed by atoms with Crippen molar-refractivity contribution >= 4 is 38.4 Å². The number of carbonyl (C=O) groups is 1. The van der Waals surface area contributed by atoms with E-state index < -0.39 is 0 Å². The van der Waals surface area contributed by atoms with Gasteiger partial charge in [0.2, 0.25) is 5.91 Å². The lowest BCUT2D eigenvalue weighted by Crippen LogP contribution is -2.22. The molecule has 0 aliphatic heterocycles. The van der Waals surface area contributed by atoms with E-state index in [-0.39, 0.29) is 12.5 Å². The molecular weight excluding hydrogens is 342 g/mol. The van der Waals surface area contributed by atoms with Crippen molar-refractivity contribution in [2.45, 2.75) is 0 Å². The summed E-state index contributed by atoms with van der Waals surface area (Å²) in [5.74, 6) is -0.224. The van der Waals surface area contributed by atoms with Crippen LogP contribution in [0.15, 0.2) is 59.1 Å². The highest BCUT2D eigenvalue weighted by Crippen LogP contribution is 2.28. The van der Waals surface area contributed by atoms with Crippen LogP contribution in [0.1, 0.15) is 0 Å². The molecule has 3 aromatic rings. The third kappa shape index (κ3) is 3.00. The Morgan fingerprint density at radius 2 is 1.86 bits per heavy atom. The Morgan fingerprint density at radius 3 is 2.59 bits per heavy atom. The number of aromatic nitrogens is 1. The lowest BCUT2D eigenvalue weighted by molar-refractivity contribution is -0.114. The number of hydrogen-bond acceptors (Lipinski definition) is 3. The van der Waals surface area contributed by atoms with Gasteiger partial charge in [0.15, 0.2) is 0 Å². The van der Waals surface area contributed by atoms with Crippen LogP contribution in [-0.4, -0.2) is 17.4 Å². The van der Waals surface area contributed by atoms with Crippen LogP contribution in [-0.2, 0) is 4.79 Å². The molecule has 2 aromatic carbocycles. The number of anilines is 1. The Labute approximate surface area is 136 Å². The molecule has 5 heteroatoms. The van der Waals surface area contributed by atoms with Crippen LogP contribution >= 0.6 is 15.9 Å². The first kappa shape index (κ1) is 14.7. The zero-order chi connectivity index (χ0) is 15.5. The van der Waals surface area contributed by atoms with E-state index in [0.717, 1.165) is 32.3 Å². The van der Waals surface area contributed by atoms with E-state index in [9.17, 15) is 4.79 Å². The number of halogens is 1. The third-order valence-corrected chi connectivity index (χ3v) is 3.84. The molecule has 110 valence electrons. The summed E-state index contributed by atoms with van der Waals surface area (Å²) in [6.45, 7) is -0.0513. The van der Waals surface area contributed by atoms with Gasteiger partial charge in [0.25, 0.3) is 0 Å². The number of pyridine rings is 1. The van der Waals surface area contributed by atoms with E-state index in [1.54, 1.807) is 0 Å². The third-order valence-electron chi connectivity index (χ3n) is 3.32. The number of nitrogens with zero attached hydrogens (tertiary/aromatic N) is 1. The van der Waals surface area contributed by atoms with Gasteiger partial charge in [-0.2, -0.15) is 0 Å². The molecule has 0 radical (unpaired) electrons. The van der Waals surface area contributed by atoms with Crippen molar-refractivity contribution in [3.8, 4) is 11.3 Å². The second-order valence-electron chi connectivity index (χ2n) is 4.83. The summed E-state index contributed by atoms with van der Waals surface area (Å²) >= 11 is 3.42. The van der Waals surface area contributed by atoms with Gasteiger partial charge in [-0.15, -0.1) is 0 Å². The molecule has 0 bridgehead atoms. The average molecular weight is 356 g/mol. The minimum absolute atomic E-state index is 0.0513. The zero-order valence-corrected chi connectivity index (χ0v) is 13.3. The fraction of sp³-hybridized carbons (Fsp3) is 0.0588. The Hall–Kier alpha value is -2.24. The highest BCUT2D eigenvalue weighted by molar-refractivity contribution is 9.10. The maximum absolute atomic E-state index is 11.7. The second kappa shape index (κ2) is 6.25. The summed E-state index contributed by atoms with van der Waals surface area (Å²) in [5, 5.41) is 3.74. The molecule has 0 fully saturated rings. The normalized spacial score (nSPS) is 10.6. The molecule has 0 aliphatic carbocycles. The number of benzene rings is 2. The van der Waals surface area contributed by atoms with Gasteiger partial charge in [0.05, 0.1) is 23.4 Å². The lowest BCUT2D eigenvalue weighted by Gasteiger charge is -2.11. The Morgan fingerprint density at radius 1 is 1.14 bits per heavy atom. The van der Waals surface area contributed by atoms with E-state index >= 15 is 0 Å². The van der Waals surface area contributed by atoms with E-state index in [4.69, 9.17) is 5.73 Å². The summed E-state index contributed by atoms with van der Waals surface area (Å²) in [6, 6.07) is 17.5. The van der Waals surface area contributed by atoms with Crippen molar-refractivity contribution < 1.29 is 4.79 Å². The molecule has 3 rings (SSSR count). The predicted molar refractivity (Wildman–Crippen MR) is 92.6 cm³/mol. The number of fused-ring (bicyclic) bond motifs is 1. The van der Waals surface area contributed by atoms with Gasteiger partial charge in [0.1, 0.15) is 0 Å².